The molecule has 0 aliphatic carbocycles. The van der Waals surface area contributed by atoms with Gasteiger partial charge in [-0.2, -0.15) is 5.10 Å². The fourth-order valence-electron chi connectivity index (χ4n) is 3.86. The van der Waals surface area contributed by atoms with Crippen LogP contribution in [-0.2, 0) is 25.7 Å². The third-order valence-corrected chi connectivity index (χ3v) is 5.99. The summed E-state index contributed by atoms with van der Waals surface area (Å²) in [7, 11) is 0. The van der Waals surface area contributed by atoms with Crippen LogP contribution in [-0.4, -0.2) is 26.7 Å². The summed E-state index contributed by atoms with van der Waals surface area (Å²) in [5.41, 5.74) is 5.38. The largest absolute Gasteiger partial charge is 0.348 e. The molecule has 0 spiro atoms. The van der Waals surface area contributed by atoms with Gasteiger partial charge in [0.25, 0.3) is 0 Å². The highest BCUT2D eigenvalue weighted by Gasteiger charge is 2.20. The van der Waals surface area contributed by atoms with Crippen LogP contribution in [0.5, 0.6) is 0 Å². The number of fused-ring (bicyclic) bond motifs is 1. The van der Waals surface area contributed by atoms with Crippen LogP contribution in [0.4, 0.5) is 11.5 Å². The van der Waals surface area contributed by atoms with Gasteiger partial charge in [-0.3, -0.25) is 5.10 Å². The molecular weight excluding hydrogens is 346 g/mol. The molecule has 0 atom stereocenters. The highest BCUT2D eigenvalue weighted by atomic mass is 15.3. The van der Waals surface area contributed by atoms with Crippen molar-refractivity contribution in [1.82, 2.24) is 20.2 Å². The quantitative estimate of drug-likeness (QED) is 0.610. The number of anilines is 2. The maximum absolute atomic E-state index is 4.79. The molecule has 0 saturated heterocycles. The Hall–Kier alpha value is -2.56. The second kappa shape index (κ2) is 7.82. The molecule has 0 fully saturated rings. The number of aryl methyl sites for hydroxylation is 3. The number of aromatic nitrogens is 4. The molecule has 2 aromatic heterocycles. The second-order valence-corrected chi connectivity index (χ2v) is 8.70. The van der Waals surface area contributed by atoms with Gasteiger partial charge in [0.1, 0.15) is 11.6 Å². The lowest BCUT2D eigenvalue weighted by Crippen LogP contribution is -2.24. The van der Waals surface area contributed by atoms with Crippen molar-refractivity contribution in [2.75, 3.05) is 11.4 Å². The number of hydrogen-bond acceptors (Lipinski definition) is 3. The van der Waals surface area contributed by atoms with Gasteiger partial charge in [0.05, 0.1) is 11.9 Å². The minimum atomic E-state index is 0.311. The van der Waals surface area contributed by atoms with E-state index in [1.54, 1.807) is 0 Å². The van der Waals surface area contributed by atoms with E-state index in [-0.39, 0.29) is 0 Å². The first kappa shape index (κ1) is 18.8. The van der Waals surface area contributed by atoms with Gasteiger partial charge in [0.15, 0.2) is 0 Å². The van der Waals surface area contributed by atoms with E-state index in [4.69, 9.17) is 4.98 Å². The summed E-state index contributed by atoms with van der Waals surface area (Å²) < 4.78 is 0. The first-order chi connectivity index (χ1) is 13.5. The average molecular weight is 378 g/mol. The lowest BCUT2D eigenvalue weighted by molar-refractivity contribution is 0.346. The maximum Gasteiger partial charge on any atom is 0.131 e. The number of rotatable bonds is 7. The minimum Gasteiger partial charge on any atom is -0.348 e. The summed E-state index contributed by atoms with van der Waals surface area (Å²) >= 11 is 0. The average Bonchev–Trinajstić information content (AvgIpc) is 3.35. The van der Waals surface area contributed by atoms with Crippen molar-refractivity contribution >= 4 is 11.5 Å². The van der Waals surface area contributed by atoms with Crippen molar-refractivity contribution in [3.8, 4) is 0 Å². The van der Waals surface area contributed by atoms with Crippen LogP contribution in [0.1, 0.15) is 56.3 Å². The number of benzene rings is 1. The summed E-state index contributed by atoms with van der Waals surface area (Å²) in [6, 6.07) is 8.93. The monoisotopic (exact) mass is 377 g/mol. The summed E-state index contributed by atoms with van der Waals surface area (Å²) in [5.74, 6) is 2.24. The standard InChI is InChI=1S/C23H31N5/c1-4-23(2,3)14-19-16-24-21(26-19)12-9-17-7-10-20(11-8-17)28-13-5-6-18-15-25-27-22(18)28/h7-8,10-11,15-16H,4-6,9,12-14H2,1-3H3,(H,24,26)(H,25,27). The fraction of sp³-hybridized carbons (Fsp3) is 0.478. The normalized spacial score (nSPS) is 14.3. The zero-order valence-corrected chi connectivity index (χ0v) is 17.3. The Labute approximate surface area is 167 Å². The third-order valence-electron chi connectivity index (χ3n) is 5.99. The predicted octanol–water partition coefficient (Wildman–Crippen LogP) is 4.98. The van der Waals surface area contributed by atoms with E-state index < -0.39 is 0 Å². The molecule has 1 aromatic carbocycles. The highest BCUT2D eigenvalue weighted by molar-refractivity contribution is 5.64. The number of imidazole rings is 1. The van der Waals surface area contributed by atoms with Gasteiger partial charge >= 0.3 is 0 Å². The molecule has 0 amide bonds. The van der Waals surface area contributed by atoms with E-state index in [1.807, 2.05) is 6.20 Å². The van der Waals surface area contributed by atoms with Crippen molar-refractivity contribution in [2.45, 2.75) is 59.3 Å². The van der Waals surface area contributed by atoms with Gasteiger partial charge in [0, 0.05) is 30.4 Å². The van der Waals surface area contributed by atoms with Gasteiger partial charge in [-0.05, 0) is 48.8 Å². The van der Waals surface area contributed by atoms with Crippen molar-refractivity contribution in [1.29, 1.82) is 0 Å². The van der Waals surface area contributed by atoms with Crippen LogP contribution < -0.4 is 4.90 Å². The summed E-state index contributed by atoms with van der Waals surface area (Å²) in [4.78, 5) is 10.5. The molecule has 148 valence electrons. The fourth-order valence-corrected chi connectivity index (χ4v) is 3.86. The Balaban J connectivity index is 1.37. The SMILES string of the molecule is CCC(C)(C)Cc1c[nH]c(CCc2ccc(N3CCCc4cn[nH]c43)cc2)n1. The van der Waals surface area contributed by atoms with Crippen LogP contribution in [0.2, 0.25) is 0 Å². The molecule has 4 rings (SSSR count). The van der Waals surface area contributed by atoms with Crippen LogP contribution in [0.15, 0.2) is 36.7 Å². The predicted molar refractivity (Wildman–Crippen MR) is 114 cm³/mol. The molecule has 1 aliphatic heterocycles. The molecule has 28 heavy (non-hydrogen) atoms. The number of H-pyrrole nitrogens is 2. The van der Waals surface area contributed by atoms with E-state index in [0.29, 0.717) is 5.41 Å². The van der Waals surface area contributed by atoms with E-state index in [9.17, 15) is 0 Å². The van der Waals surface area contributed by atoms with Crippen molar-refractivity contribution in [3.63, 3.8) is 0 Å². The van der Waals surface area contributed by atoms with Crippen molar-refractivity contribution < 1.29 is 0 Å². The summed E-state index contributed by atoms with van der Waals surface area (Å²) in [6.07, 6.45) is 10.5. The topological polar surface area (TPSA) is 60.6 Å². The Morgan fingerprint density at radius 1 is 1.14 bits per heavy atom. The zero-order chi connectivity index (χ0) is 19.6. The number of nitrogens with one attached hydrogen (secondary N) is 2. The molecular formula is C23H31N5. The van der Waals surface area contributed by atoms with Crippen molar-refractivity contribution in [3.05, 3.63) is 59.3 Å². The molecule has 2 N–H and O–H groups in total. The molecule has 0 unspecified atom stereocenters. The van der Waals surface area contributed by atoms with E-state index in [2.05, 4.69) is 71.3 Å². The Morgan fingerprint density at radius 3 is 2.75 bits per heavy atom. The number of aromatic amines is 2. The van der Waals surface area contributed by atoms with Crippen LogP contribution in [0.25, 0.3) is 0 Å². The molecule has 5 nitrogen and oxygen atoms in total. The third kappa shape index (κ3) is 4.13. The molecule has 1 aliphatic rings. The lowest BCUT2D eigenvalue weighted by atomic mass is 9.85. The minimum absolute atomic E-state index is 0.311. The van der Waals surface area contributed by atoms with E-state index >= 15 is 0 Å². The lowest BCUT2D eigenvalue weighted by Gasteiger charge is -2.28. The van der Waals surface area contributed by atoms with Gasteiger partial charge in [0.2, 0.25) is 0 Å². The second-order valence-electron chi connectivity index (χ2n) is 8.70. The number of nitrogens with zero attached hydrogens (tertiary/aromatic N) is 3. The molecule has 0 saturated carbocycles. The summed E-state index contributed by atoms with van der Waals surface area (Å²) in [5, 5.41) is 7.37. The van der Waals surface area contributed by atoms with Crippen LogP contribution in [0, 0.1) is 5.41 Å². The van der Waals surface area contributed by atoms with Gasteiger partial charge in [-0.1, -0.05) is 39.3 Å². The van der Waals surface area contributed by atoms with Gasteiger partial charge in [-0.25, -0.2) is 4.98 Å². The molecule has 3 aromatic rings. The zero-order valence-electron chi connectivity index (χ0n) is 17.3. The molecule has 0 radical (unpaired) electrons. The molecule has 0 bridgehead atoms. The number of hydrogen-bond donors (Lipinski definition) is 2. The van der Waals surface area contributed by atoms with E-state index in [1.165, 1.54) is 35.3 Å². The maximum atomic E-state index is 4.79. The van der Waals surface area contributed by atoms with Gasteiger partial charge in [-0.15, -0.1) is 0 Å². The Bertz CT molecular complexity index is 903. The first-order valence-corrected chi connectivity index (χ1v) is 10.5. The van der Waals surface area contributed by atoms with Crippen LogP contribution in [0.3, 0.4) is 0 Å². The van der Waals surface area contributed by atoms with Gasteiger partial charge < -0.3 is 9.88 Å². The first-order valence-electron chi connectivity index (χ1n) is 10.5. The molecule has 5 heteroatoms. The van der Waals surface area contributed by atoms with Crippen molar-refractivity contribution in [2.24, 2.45) is 5.41 Å². The highest BCUT2D eigenvalue weighted by Crippen LogP contribution is 2.31. The Morgan fingerprint density at radius 2 is 1.96 bits per heavy atom. The summed E-state index contributed by atoms with van der Waals surface area (Å²) in [6.45, 7) is 7.89. The smallest absolute Gasteiger partial charge is 0.131 e. The molecule has 3 heterocycles. The van der Waals surface area contributed by atoms with E-state index in [0.717, 1.165) is 43.9 Å². The van der Waals surface area contributed by atoms with Crippen LogP contribution >= 0.6 is 0 Å². The Kier molecular flexibility index (Phi) is 5.25.